The van der Waals surface area contributed by atoms with Gasteiger partial charge in [0.25, 0.3) is 5.69 Å². The molecule has 0 saturated carbocycles. The molecule has 0 spiro atoms. The van der Waals surface area contributed by atoms with Crippen molar-refractivity contribution in [3.63, 3.8) is 0 Å². The molecule has 0 radical (unpaired) electrons. The molecule has 0 atom stereocenters. The van der Waals surface area contributed by atoms with E-state index in [0.29, 0.717) is 15.7 Å². The molecule has 0 aromatic heterocycles. The van der Waals surface area contributed by atoms with Crippen LogP contribution >= 0.6 is 15.9 Å². The summed E-state index contributed by atoms with van der Waals surface area (Å²) in [6, 6.07) is 11.1. The lowest BCUT2D eigenvalue weighted by Gasteiger charge is -2.09. The molecule has 7 nitrogen and oxygen atoms in total. The topological polar surface area (TPSA) is 101 Å². The quantitative estimate of drug-likeness (QED) is 0.574. The van der Waals surface area contributed by atoms with E-state index in [1.807, 2.05) is 0 Å². The largest absolute Gasteiger partial charge is 0.375 e. The Morgan fingerprint density at radius 3 is 2.61 bits per heavy atom. The maximum Gasteiger partial charge on any atom is 0.293 e. The zero-order valence-electron chi connectivity index (χ0n) is 12.1. The van der Waals surface area contributed by atoms with E-state index < -0.39 is 14.9 Å². The molecule has 2 N–H and O–H groups in total. The summed E-state index contributed by atoms with van der Waals surface area (Å²) < 4.78 is 26.4. The molecule has 0 amide bonds. The fraction of sp³-hybridized carbons (Fsp3) is 0.143. The first-order valence-electron chi connectivity index (χ1n) is 6.54. The van der Waals surface area contributed by atoms with Gasteiger partial charge in [0, 0.05) is 17.1 Å². The fourth-order valence-corrected chi connectivity index (χ4v) is 3.09. The minimum Gasteiger partial charge on any atom is -0.375 e. The molecule has 0 unspecified atom stereocenters. The molecule has 0 aliphatic carbocycles. The molecule has 0 aliphatic heterocycles. The number of sulfonamides is 1. The van der Waals surface area contributed by atoms with E-state index in [9.17, 15) is 18.5 Å². The van der Waals surface area contributed by atoms with Gasteiger partial charge in [0.15, 0.2) is 0 Å². The Bertz CT molecular complexity index is 840. The smallest absolute Gasteiger partial charge is 0.293 e. The van der Waals surface area contributed by atoms with Crippen molar-refractivity contribution in [3.05, 3.63) is 62.6 Å². The summed E-state index contributed by atoms with van der Waals surface area (Å²) in [7, 11) is -2.18. The molecule has 122 valence electrons. The van der Waals surface area contributed by atoms with Crippen LogP contribution in [0.5, 0.6) is 0 Å². The van der Waals surface area contributed by atoms with Crippen LogP contribution in [0.15, 0.2) is 51.8 Å². The van der Waals surface area contributed by atoms with Gasteiger partial charge in [0.05, 0.1) is 9.82 Å². The number of nitrogens with zero attached hydrogens (tertiary/aromatic N) is 1. The van der Waals surface area contributed by atoms with E-state index in [1.54, 1.807) is 24.3 Å². The average Bonchev–Trinajstić information content (AvgIpc) is 2.53. The van der Waals surface area contributed by atoms with Crippen LogP contribution in [0, 0.1) is 10.1 Å². The van der Waals surface area contributed by atoms with Gasteiger partial charge in [-0.1, -0.05) is 28.1 Å². The lowest BCUT2D eigenvalue weighted by Crippen LogP contribution is -2.18. The summed E-state index contributed by atoms with van der Waals surface area (Å²) in [5, 5.41) is 14.0. The van der Waals surface area contributed by atoms with Crippen LogP contribution in [-0.2, 0) is 16.6 Å². The number of hydrogen-bond acceptors (Lipinski definition) is 5. The summed E-state index contributed by atoms with van der Waals surface area (Å²) in [4.78, 5) is 10.7. The van der Waals surface area contributed by atoms with Crippen molar-refractivity contribution < 1.29 is 13.3 Å². The van der Waals surface area contributed by atoms with E-state index in [4.69, 9.17) is 0 Å². The third kappa shape index (κ3) is 4.27. The van der Waals surface area contributed by atoms with Crippen molar-refractivity contribution in [2.24, 2.45) is 0 Å². The molecule has 2 aromatic rings. The summed E-state index contributed by atoms with van der Waals surface area (Å²) in [6.45, 7) is 0.259. The van der Waals surface area contributed by atoms with Crippen molar-refractivity contribution in [2.45, 2.75) is 11.4 Å². The van der Waals surface area contributed by atoms with Gasteiger partial charge in [-0.05, 0) is 36.9 Å². The third-order valence-electron chi connectivity index (χ3n) is 3.12. The average molecular weight is 400 g/mol. The molecule has 9 heteroatoms. The van der Waals surface area contributed by atoms with Crippen LogP contribution < -0.4 is 10.0 Å². The van der Waals surface area contributed by atoms with Crippen LogP contribution in [0.2, 0.25) is 0 Å². The Balaban J connectivity index is 2.22. The molecule has 0 fully saturated rings. The van der Waals surface area contributed by atoms with E-state index in [-0.39, 0.29) is 17.1 Å². The highest BCUT2D eigenvalue weighted by molar-refractivity contribution is 9.10. The molecule has 0 aliphatic rings. The maximum atomic E-state index is 11.8. The number of nitro benzene ring substituents is 1. The second-order valence-electron chi connectivity index (χ2n) is 4.63. The number of hydrogen-bond donors (Lipinski definition) is 2. The second kappa shape index (κ2) is 7.07. The van der Waals surface area contributed by atoms with Gasteiger partial charge in [-0.3, -0.25) is 10.1 Å². The highest BCUT2D eigenvalue weighted by Gasteiger charge is 2.15. The monoisotopic (exact) mass is 399 g/mol. The van der Waals surface area contributed by atoms with Gasteiger partial charge in [-0.25, -0.2) is 13.1 Å². The zero-order valence-corrected chi connectivity index (χ0v) is 14.5. The first-order chi connectivity index (χ1) is 10.8. The minimum atomic E-state index is -3.52. The number of anilines is 1. The number of halogens is 1. The Labute approximate surface area is 142 Å². The molecule has 23 heavy (non-hydrogen) atoms. The predicted molar refractivity (Wildman–Crippen MR) is 90.8 cm³/mol. The van der Waals surface area contributed by atoms with Crippen LogP contribution in [0.4, 0.5) is 11.4 Å². The van der Waals surface area contributed by atoms with E-state index in [1.165, 1.54) is 25.2 Å². The number of rotatable bonds is 6. The minimum absolute atomic E-state index is 0.0571. The highest BCUT2D eigenvalue weighted by atomic mass is 79.9. The number of benzene rings is 2. The standard InChI is InChI=1S/C14H14BrN3O4S/c1-16-23(21,22)12-4-2-3-10(7-12)9-17-13-6-5-11(15)8-14(13)18(19)20/h2-8,16-17H,9H2,1H3. The summed E-state index contributed by atoms with van der Waals surface area (Å²) in [5.41, 5.74) is 0.997. The van der Waals surface area contributed by atoms with Crippen molar-refractivity contribution >= 4 is 37.3 Å². The summed E-state index contributed by atoms with van der Waals surface area (Å²) in [5.74, 6) is 0. The van der Waals surface area contributed by atoms with Gasteiger partial charge in [-0.15, -0.1) is 0 Å². The number of nitrogens with one attached hydrogen (secondary N) is 2. The molecule has 0 bridgehead atoms. The molecule has 0 heterocycles. The Hall–Kier alpha value is -1.97. The van der Waals surface area contributed by atoms with E-state index in [2.05, 4.69) is 26.0 Å². The number of nitro groups is 1. The molecular formula is C14H14BrN3O4S. The molecule has 2 aromatic carbocycles. The van der Waals surface area contributed by atoms with Gasteiger partial charge in [0.2, 0.25) is 10.0 Å². The van der Waals surface area contributed by atoms with E-state index in [0.717, 1.165) is 0 Å². The maximum absolute atomic E-state index is 11.8. The summed E-state index contributed by atoms with van der Waals surface area (Å²) >= 11 is 3.19. The molecular weight excluding hydrogens is 386 g/mol. The van der Waals surface area contributed by atoms with Crippen LogP contribution in [0.1, 0.15) is 5.56 Å². The van der Waals surface area contributed by atoms with Gasteiger partial charge in [-0.2, -0.15) is 0 Å². The normalized spacial score (nSPS) is 11.2. The van der Waals surface area contributed by atoms with Crippen LogP contribution in [0.3, 0.4) is 0 Å². The van der Waals surface area contributed by atoms with Gasteiger partial charge < -0.3 is 5.32 Å². The van der Waals surface area contributed by atoms with Crippen LogP contribution in [-0.4, -0.2) is 20.4 Å². The molecule has 0 saturated heterocycles. The first-order valence-corrected chi connectivity index (χ1v) is 8.81. The fourth-order valence-electron chi connectivity index (χ4n) is 1.94. The first kappa shape index (κ1) is 17.4. The Morgan fingerprint density at radius 1 is 1.22 bits per heavy atom. The lowest BCUT2D eigenvalue weighted by molar-refractivity contribution is -0.384. The summed E-state index contributed by atoms with van der Waals surface area (Å²) in [6.07, 6.45) is 0. The van der Waals surface area contributed by atoms with Crippen molar-refractivity contribution in [2.75, 3.05) is 12.4 Å². The third-order valence-corrected chi connectivity index (χ3v) is 5.02. The SMILES string of the molecule is CNS(=O)(=O)c1cccc(CNc2ccc(Br)cc2[N+](=O)[O-])c1. The highest BCUT2D eigenvalue weighted by Crippen LogP contribution is 2.28. The van der Waals surface area contributed by atoms with Gasteiger partial charge in [0.1, 0.15) is 5.69 Å². The Morgan fingerprint density at radius 2 is 1.96 bits per heavy atom. The van der Waals surface area contributed by atoms with Crippen molar-refractivity contribution in [3.8, 4) is 0 Å². The van der Waals surface area contributed by atoms with Gasteiger partial charge >= 0.3 is 0 Å². The van der Waals surface area contributed by atoms with E-state index >= 15 is 0 Å². The van der Waals surface area contributed by atoms with Crippen LogP contribution in [0.25, 0.3) is 0 Å². The lowest BCUT2D eigenvalue weighted by atomic mass is 10.2. The zero-order chi connectivity index (χ0) is 17.0. The second-order valence-corrected chi connectivity index (χ2v) is 7.43. The Kier molecular flexibility index (Phi) is 5.34. The molecule has 2 rings (SSSR count). The van der Waals surface area contributed by atoms with Crippen molar-refractivity contribution in [1.29, 1.82) is 0 Å². The predicted octanol–water partition coefficient (Wildman–Crippen LogP) is 2.88. The van der Waals surface area contributed by atoms with Crippen molar-refractivity contribution in [1.82, 2.24) is 4.72 Å².